The number of ether oxygens (including phenoxy) is 1. The maximum atomic E-state index is 9.39. The molecule has 0 aromatic carbocycles. The van der Waals surface area contributed by atoms with Crippen LogP contribution in [-0.4, -0.2) is 57.6 Å². The lowest BCUT2D eigenvalue weighted by molar-refractivity contribution is -0.101. The van der Waals surface area contributed by atoms with Gasteiger partial charge in [-0.25, -0.2) is 0 Å². The third kappa shape index (κ3) is 2.38. The van der Waals surface area contributed by atoms with Crippen molar-refractivity contribution in [2.75, 3.05) is 6.61 Å². The van der Waals surface area contributed by atoms with Crippen molar-refractivity contribution in [1.82, 2.24) is 0 Å². The topological polar surface area (TPSA) is 90.2 Å². The molecular weight excluding hydrogens is 176 g/mol. The summed E-state index contributed by atoms with van der Waals surface area (Å²) in [5.41, 5.74) is 0. The molecule has 13 heavy (non-hydrogen) atoms. The van der Waals surface area contributed by atoms with Gasteiger partial charge < -0.3 is 25.2 Å². The fraction of sp³-hybridized carbons (Fsp3) is 1.00. The van der Waals surface area contributed by atoms with E-state index in [9.17, 15) is 15.3 Å². The first-order chi connectivity index (χ1) is 6.06. The summed E-state index contributed by atoms with van der Waals surface area (Å²) in [7, 11) is 0. The summed E-state index contributed by atoms with van der Waals surface area (Å²) < 4.78 is 5.19. The molecule has 1 aliphatic rings. The number of rotatable bonds is 1. The molecule has 4 N–H and O–H groups in total. The van der Waals surface area contributed by atoms with Crippen LogP contribution in [0.4, 0.5) is 0 Å². The summed E-state index contributed by atoms with van der Waals surface area (Å²) in [5, 5.41) is 36.9. The van der Waals surface area contributed by atoms with Crippen LogP contribution in [0.25, 0.3) is 0 Å². The molecule has 0 aliphatic carbocycles. The Morgan fingerprint density at radius 3 is 2.38 bits per heavy atom. The summed E-state index contributed by atoms with van der Waals surface area (Å²) in [4.78, 5) is 0. The van der Waals surface area contributed by atoms with Crippen molar-refractivity contribution in [3.05, 3.63) is 0 Å². The monoisotopic (exact) mass is 192 g/mol. The first kappa shape index (κ1) is 10.9. The van der Waals surface area contributed by atoms with Gasteiger partial charge in [-0.05, 0) is 6.92 Å². The molecule has 0 bridgehead atoms. The molecule has 0 radical (unpaired) electrons. The lowest BCUT2D eigenvalue weighted by Gasteiger charge is -2.22. The zero-order valence-electron chi connectivity index (χ0n) is 7.50. The van der Waals surface area contributed by atoms with Gasteiger partial charge in [0.25, 0.3) is 0 Å². The van der Waals surface area contributed by atoms with Crippen LogP contribution in [0.5, 0.6) is 0 Å². The smallest absolute Gasteiger partial charge is 0.108 e. The van der Waals surface area contributed by atoms with Crippen LogP contribution in [0.1, 0.15) is 13.3 Å². The Balaban J connectivity index is 2.66. The molecule has 0 aromatic heterocycles. The van der Waals surface area contributed by atoms with E-state index in [0.717, 1.165) is 0 Å². The van der Waals surface area contributed by atoms with Crippen LogP contribution in [-0.2, 0) is 4.74 Å². The van der Waals surface area contributed by atoms with E-state index in [0.29, 0.717) is 0 Å². The fourth-order valence-electron chi connectivity index (χ4n) is 1.47. The molecule has 0 unspecified atom stereocenters. The van der Waals surface area contributed by atoms with Crippen LogP contribution in [0.2, 0.25) is 0 Å². The van der Waals surface area contributed by atoms with Gasteiger partial charge in [-0.2, -0.15) is 0 Å². The maximum Gasteiger partial charge on any atom is 0.108 e. The van der Waals surface area contributed by atoms with Crippen molar-refractivity contribution >= 4 is 0 Å². The number of aliphatic hydroxyl groups excluding tert-OH is 4. The summed E-state index contributed by atoms with van der Waals surface area (Å²) in [6, 6.07) is 0. The Kier molecular flexibility index (Phi) is 3.63. The second-order valence-electron chi connectivity index (χ2n) is 3.43. The van der Waals surface area contributed by atoms with E-state index in [-0.39, 0.29) is 13.0 Å². The molecule has 1 aliphatic heterocycles. The molecule has 1 saturated heterocycles. The largest absolute Gasteiger partial charge is 0.394 e. The van der Waals surface area contributed by atoms with Crippen LogP contribution in [0.15, 0.2) is 0 Å². The van der Waals surface area contributed by atoms with Gasteiger partial charge in [0.1, 0.15) is 12.2 Å². The molecule has 0 aromatic rings. The fourth-order valence-corrected chi connectivity index (χ4v) is 1.47. The van der Waals surface area contributed by atoms with Gasteiger partial charge in [-0.15, -0.1) is 0 Å². The molecule has 0 spiro atoms. The first-order valence-corrected chi connectivity index (χ1v) is 4.36. The Morgan fingerprint density at radius 1 is 1.23 bits per heavy atom. The standard InChI is InChI=1S/C8H16O5/c1-4-7(11)8(12)6(10)2-5(3-9)13-4/h4-12H,2-3H2,1H3/t4-,5-,6-,7-,8+/m0/s1. The van der Waals surface area contributed by atoms with Crippen molar-refractivity contribution in [2.24, 2.45) is 0 Å². The summed E-state index contributed by atoms with van der Waals surface area (Å²) in [6.45, 7) is 1.37. The van der Waals surface area contributed by atoms with Crippen LogP contribution in [0, 0.1) is 0 Å². The Morgan fingerprint density at radius 2 is 1.85 bits per heavy atom. The third-order valence-corrected chi connectivity index (χ3v) is 2.34. The predicted molar refractivity (Wildman–Crippen MR) is 44.1 cm³/mol. The zero-order chi connectivity index (χ0) is 10.0. The van der Waals surface area contributed by atoms with Crippen LogP contribution < -0.4 is 0 Å². The quantitative estimate of drug-likeness (QED) is 0.395. The molecule has 78 valence electrons. The average Bonchev–Trinajstić information content (AvgIpc) is 2.20. The van der Waals surface area contributed by atoms with Gasteiger partial charge in [0.2, 0.25) is 0 Å². The number of hydrogen-bond donors (Lipinski definition) is 4. The van der Waals surface area contributed by atoms with Gasteiger partial charge in [0, 0.05) is 6.42 Å². The highest BCUT2D eigenvalue weighted by Crippen LogP contribution is 2.19. The van der Waals surface area contributed by atoms with E-state index < -0.39 is 30.5 Å². The SMILES string of the molecule is C[C@@H]1O[C@H](CO)C[C@H](O)[C@@H](O)[C@H]1O. The van der Waals surface area contributed by atoms with Crippen molar-refractivity contribution in [1.29, 1.82) is 0 Å². The van der Waals surface area contributed by atoms with Crippen LogP contribution >= 0.6 is 0 Å². The zero-order valence-corrected chi connectivity index (χ0v) is 7.50. The van der Waals surface area contributed by atoms with Gasteiger partial charge in [-0.3, -0.25) is 0 Å². The Bertz CT molecular complexity index is 147. The minimum absolute atomic E-state index is 0.138. The normalized spacial score (nSPS) is 47.3. The minimum Gasteiger partial charge on any atom is -0.394 e. The van der Waals surface area contributed by atoms with Crippen molar-refractivity contribution in [3.63, 3.8) is 0 Å². The minimum atomic E-state index is -1.20. The van der Waals surface area contributed by atoms with E-state index in [2.05, 4.69) is 0 Å². The highest BCUT2D eigenvalue weighted by molar-refractivity contribution is 4.85. The number of aliphatic hydroxyl groups is 4. The van der Waals surface area contributed by atoms with Gasteiger partial charge in [-0.1, -0.05) is 0 Å². The van der Waals surface area contributed by atoms with E-state index in [1.54, 1.807) is 6.92 Å². The van der Waals surface area contributed by atoms with E-state index in [1.807, 2.05) is 0 Å². The van der Waals surface area contributed by atoms with E-state index in [4.69, 9.17) is 9.84 Å². The first-order valence-electron chi connectivity index (χ1n) is 4.36. The second kappa shape index (κ2) is 4.34. The second-order valence-corrected chi connectivity index (χ2v) is 3.43. The lowest BCUT2D eigenvalue weighted by atomic mass is 10.0. The molecule has 1 rings (SSSR count). The Labute approximate surface area is 76.6 Å². The Hall–Kier alpha value is -0.200. The van der Waals surface area contributed by atoms with Crippen molar-refractivity contribution in [3.8, 4) is 0 Å². The van der Waals surface area contributed by atoms with Crippen molar-refractivity contribution in [2.45, 2.75) is 43.9 Å². The average molecular weight is 192 g/mol. The molecule has 0 saturated carbocycles. The molecule has 1 heterocycles. The third-order valence-electron chi connectivity index (χ3n) is 2.34. The highest BCUT2D eigenvalue weighted by Gasteiger charge is 2.36. The molecule has 0 amide bonds. The summed E-state index contributed by atoms with van der Waals surface area (Å²) in [6.07, 6.45) is -4.31. The highest BCUT2D eigenvalue weighted by atomic mass is 16.5. The molecule has 5 atom stereocenters. The molecule has 5 nitrogen and oxygen atoms in total. The van der Waals surface area contributed by atoms with E-state index in [1.165, 1.54) is 0 Å². The van der Waals surface area contributed by atoms with Gasteiger partial charge in [0.15, 0.2) is 0 Å². The summed E-state index contributed by atoms with van der Waals surface area (Å²) >= 11 is 0. The lowest BCUT2D eigenvalue weighted by Crippen LogP contribution is -2.41. The van der Waals surface area contributed by atoms with Crippen LogP contribution in [0.3, 0.4) is 0 Å². The molecular formula is C8H16O5. The van der Waals surface area contributed by atoms with Gasteiger partial charge >= 0.3 is 0 Å². The number of hydrogen-bond acceptors (Lipinski definition) is 5. The maximum absolute atomic E-state index is 9.39. The predicted octanol–water partition coefficient (Wildman–Crippen LogP) is -1.76. The van der Waals surface area contributed by atoms with E-state index >= 15 is 0 Å². The molecule has 1 fully saturated rings. The molecule has 5 heteroatoms. The van der Waals surface area contributed by atoms with Gasteiger partial charge in [0.05, 0.1) is 24.9 Å². The van der Waals surface area contributed by atoms with Crippen molar-refractivity contribution < 1.29 is 25.2 Å². The summed E-state index contributed by atoms with van der Waals surface area (Å²) in [5.74, 6) is 0.